The van der Waals surface area contributed by atoms with Gasteiger partial charge in [0, 0.05) is 15.9 Å². The normalized spacial score (nSPS) is 12.2. The van der Waals surface area contributed by atoms with E-state index >= 15 is 4.57 Å². The number of pyridine rings is 1. The van der Waals surface area contributed by atoms with Crippen LogP contribution in [0, 0.1) is 0 Å². The van der Waals surface area contributed by atoms with Crippen LogP contribution < -0.4 is 31.8 Å². The molecule has 0 spiro atoms. The van der Waals surface area contributed by atoms with Crippen molar-refractivity contribution in [1.29, 1.82) is 0 Å². The van der Waals surface area contributed by atoms with E-state index < -0.39 is 12.7 Å². The summed E-state index contributed by atoms with van der Waals surface area (Å²) in [5, 5.41) is 12.0. The van der Waals surface area contributed by atoms with Crippen LogP contribution in [0.2, 0.25) is 0 Å². The molecule has 2 aromatic heterocycles. The second-order valence-corrected chi connectivity index (χ2v) is 24.0. The van der Waals surface area contributed by atoms with Crippen molar-refractivity contribution in [2.24, 2.45) is 0 Å². The standard InChI is InChI=1S/C53H36N2OP2Se/c56-57(41-15-5-1-6-16-41,42-17-7-2-8-18-42)45-29-27-38-33-37(25-26-39(38)34-45)40-28-31-48-47-23-13-14-24-49(47)53-54-50-32-30-46(36-52(50)55(53)51(48)35-40)58(59,43-19-9-3-10-20-43)44-21-11-4-12-22-44/h1-36H. The predicted molar refractivity (Wildman–Crippen MR) is 255 cm³/mol. The Morgan fingerprint density at radius 2 is 0.898 bits per heavy atom. The molecular weight excluding hydrogens is 822 g/mol. The van der Waals surface area contributed by atoms with Crippen LogP contribution in [0.25, 0.3) is 60.3 Å². The first-order valence-corrected chi connectivity index (χ1v) is 25.5. The van der Waals surface area contributed by atoms with E-state index in [1.807, 2.05) is 60.7 Å². The Bertz CT molecular complexity index is 3410. The smallest absolute Gasteiger partial charge is 0.0430 e. The molecule has 59 heavy (non-hydrogen) atoms. The number of nitrogens with zero attached hydrogens (tertiary/aromatic N) is 2. The molecule has 9 aromatic carbocycles. The summed E-state index contributed by atoms with van der Waals surface area (Å²) in [7, 11) is -3.09. The van der Waals surface area contributed by atoms with Gasteiger partial charge in [0.05, 0.1) is 0 Å². The second-order valence-electron chi connectivity index (χ2n) is 15.0. The second kappa shape index (κ2) is 14.3. The van der Waals surface area contributed by atoms with Crippen LogP contribution in [0.4, 0.5) is 0 Å². The van der Waals surface area contributed by atoms with E-state index in [2.05, 4.69) is 177 Å². The van der Waals surface area contributed by atoms with Gasteiger partial charge < -0.3 is 4.57 Å². The number of hydrogen-bond acceptors (Lipinski definition) is 2. The predicted octanol–water partition coefficient (Wildman–Crippen LogP) is 10.6. The maximum absolute atomic E-state index is 15.2. The molecule has 0 fully saturated rings. The van der Waals surface area contributed by atoms with Gasteiger partial charge in [-0.3, -0.25) is 0 Å². The Morgan fingerprint density at radius 1 is 0.390 bits per heavy atom. The summed E-state index contributed by atoms with van der Waals surface area (Å²) in [6, 6.07) is 76.7. The van der Waals surface area contributed by atoms with Gasteiger partial charge in [-0.1, -0.05) is 66.7 Å². The van der Waals surface area contributed by atoms with Crippen molar-refractivity contribution >= 4 is 109 Å². The summed E-state index contributed by atoms with van der Waals surface area (Å²) < 4.78 is 17.5. The van der Waals surface area contributed by atoms with Crippen molar-refractivity contribution in [1.82, 2.24) is 9.38 Å². The van der Waals surface area contributed by atoms with Gasteiger partial charge in [0.15, 0.2) is 7.14 Å². The number of hydrogen-bond donors (Lipinski definition) is 0. The van der Waals surface area contributed by atoms with E-state index in [0.29, 0.717) is 0 Å². The molecule has 0 saturated heterocycles. The van der Waals surface area contributed by atoms with Crippen molar-refractivity contribution in [3.05, 3.63) is 218 Å². The summed E-state index contributed by atoms with van der Waals surface area (Å²) in [5.41, 5.74) is 4.25. The third kappa shape index (κ3) is 5.83. The van der Waals surface area contributed by atoms with Crippen LogP contribution in [-0.2, 0) is 4.57 Å². The zero-order chi connectivity index (χ0) is 39.6. The van der Waals surface area contributed by atoms with Gasteiger partial charge in [0.1, 0.15) is 0 Å². The molecule has 0 aliphatic heterocycles. The fraction of sp³-hybridized carbons (Fsp3) is 0. The third-order valence-electron chi connectivity index (χ3n) is 11.7. The molecule has 2 heterocycles. The molecule has 0 bridgehead atoms. The van der Waals surface area contributed by atoms with Crippen molar-refractivity contribution in [3.8, 4) is 11.1 Å². The number of fused-ring (bicyclic) bond motifs is 9. The number of rotatable bonds is 7. The minimum Gasteiger partial charge on any atom is -0.0430 e. The Kier molecular flexibility index (Phi) is 8.74. The minimum absolute atomic E-state index is 0.831. The van der Waals surface area contributed by atoms with Crippen molar-refractivity contribution in [2.75, 3.05) is 0 Å². The third-order valence-corrected chi connectivity index (χ3v) is 21.8. The van der Waals surface area contributed by atoms with Gasteiger partial charge in [-0.25, -0.2) is 0 Å². The van der Waals surface area contributed by atoms with Crippen LogP contribution in [-0.4, -0.2) is 24.5 Å². The van der Waals surface area contributed by atoms with Crippen LogP contribution in [0.5, 0.6) is 0 Å². The Labute approximate surface area is 350 Å². The van der Waals surface area contributed by atoms with Crippen LogP contribution in [0.15, 0.2) is 218 Å². The van der Waals surface area contributed by atoms with E-state index in [4.69, 9.17) is 4.98 Å². The average Bonchev–Trinajstić information content (AvgIpc) is 3.71. The molecule has 0 aliphatic carbocycles. The number of benzene rings is 9. The van der Waals surface area contributed by atoms with Gasteiger partial charge in [-0.2, -0.15) is 0 Å². The van der Waals surface area contributed by atoms with Gasteiger partial charge in [-0.05, 0) is 6.07 Å². The van der Waals surface area contributed by atoms with Gasteiger partial charge in [0.25, 0.3) is 0 Å². The van der Waals surface area contributed by atoms with Gasteiger partial charge in [-0.15, -0.1) is 0 Å². The molecule has 0 atom stereocenters. The summed E-state index contributed by atoms with van der Waals surface area (Å²) in [6.45, 7) is 0. The first-order chi connectivity index (χ1) is 29.0. The first-order valence-electron chi connectivity index (χ1n) is 19.7. The quantitative estimate of drug-likeness (QED) is 0.0909. The fourth-order valence-corrected chi connectivity index (χ4v) is 16.4. The van der Waals surface area contributed by atoms with E-state index in [9.17, 15) is 0 Å². The number of aromatic nitrogens is 2. The molecule has 6 heteroatoms. The average molecular weight is 858 g/mol. The zero-order valence-electron chi connectivity index (χ0n) is 31.9. The SMILES string of the molecule is O=P(c1ccccc1)(c1ccccc1)c1ccc2cc(-c3ccc4c5ccccc5c5nc6ccc(P(=[Se])(c7ccccc7)c7ccccc7)cc6n5c4c3)ccc2c1. The van der Waals surface area contributed by atoms with Crippen molar-refractivity contribution < 1.29 is 4.57 Å². The van der Waals surface area contributed by atoms with Crippen LogP contribution >= 0.6 is 12.7 Å². The molecule has 11 aromatic rings. The van der Waals surface area contributed by atoms with E-state index in [-0.39, 0.29) is 0 Å². The molecule has 11 rings (SSSR count). The molecule has 0 aliphatic rings. The van der Waals surface area contributed by atoms with Crippen LogP contribution in [0.1, 0.15) is 0 Å². The van der Waals surface area contributed by atoms with Crippen molar-refractivity contribution in [2.45, 2.75) is 0 Å². The summed E-state index contributed by atoms with van der Waals surface area (Å²) in [6.07, 6.45) is 0. The monoisotopic (exact) mass is 858 g/mol. The van der Waals surface area contributed by atoms with E-state index in [1.54, 1.807) is 0 Å². The summed E-state index contributed by atoms with van der Waals surface area (Å²) >= 11 is 3.75. The zero-order valence-corrected chi connectivity index (χ0v) is 35.4. The Balaban J connectivity index is 1.09. The van der Waals surface area contributed by atoms with E-state index in [0.717, 1.165) is 65.4 Å². The first kappa shape index (κ1) is 36.0. The van der Waals surface area contributed by atoms with Gasteiger partial charge in [0.2, 0.25) is 0 Å². The van der Waals surface area contributed by atoms with Crippen molar-refractivity contribution in [3.63, 3.8) is 0 Å². The molecule has 0 N–H and O–H groups in total. The molecule has 0 amide bonds. The molecule has 280 valence electrons. The molecule has 3 nitrogen and oxygen atoms in total. The van der Waals surface area contributed by atoms with Gasteiger partial charge >= 0.3 is 252 Å². The maximum atomic E-state index is 15.2. The van der Waals surface area contributed by atoms with E-state index in [1.165, 1.54) is 26.7 Å². The van der Waals surface area contributed by atoms with Crippen LogP contribution in [0.3, 0.4) is 0 Å². The minimum atomic E-state index is -3.09. The molecule has 0 unspecified atom stereocenters. The molecule has 0 radical (unpaired) electrons. The Morgan fingerprint density at radius 3 is 1.54 bits per heavy atom. The summed E-state index contributed by atoms with van der Waals surface area (Å²) in [5.74, 6) is 0. The Hall–Kier alpha value is -6.11. The summed E-state index contributed by atoms with van der Waals surface area (Å²) in [4.78, 5) is 5.32. The fourth-order valence-electron chi connectivity index (χ4n) is 8.78. The number of imidazole rings is 1. The topological polar surface area (TPSA) is 34.4 Å². The molecule has 0 saturated carbocycles. The molecular formula is C53H36N2OP2Se.